The van der Waals surface area contributed by atoms with Crippen LogP contribution in [0.2, 0.25) is 0 Å². The molecule has 30 heavy (non-hydrogen) atoms. The van der Waals surface area contributed by atoms with Crippen LogP contribution >= 0.6 is 23.1 Å². The van der Waals surface area contributed by atoms with Crippen LogP contribution in [0.1, 0.15) is 10.4 Å². The highest BCUT2D eigenvalue weighted by atomic mass is 32.2. The van der Waals surface area contributed by atoms with Crippen molar-refractivity contribution in [2.24, 2.45) is 0 Å². The predicted molar refractivity (Wildman–Crippen MR) is 120 cm³/mol. The molecule has 2 aromatic heterocycles. The number of carbonyl (C=O) groups is 2. The summed E-state index contributed by atoms with van der Waals surface area (Å²) in [6.07, 6.45) is 1.53. The Kier molecular flexibility index (Phi) is 6.06. The van der Waals surface area contributed by atoms with Gasteiger partial charge in [0.15, 0.2) is 0 Å². The number of anilines is 1. The third-order valence-electron chi connectivity index (χ3n) is 4.35. The molecule has 0 radical (unpaired) electrons. The lowest BCUT2D eigenvalue weighted by molar-refractivity contribution is -0.113. The quantitative estimate of drug-likeness (QED) is 0.264. The maximum atomic E-state index is 12.4. The Morgan fingerprint density at radius 1 is 1.07 bits per heavy atom. The number of ether oxygens (including phenoxy) is 1. The van der Waals surface area contributed by atoms with Crippen molar-refractivity contribution in [3.63, 3.8) is 0 Å². The van der Waals surface area contributed by atoms with Crippen molar-refractivity contribution in [2.75, 3.05) is 18.2 Å². The maximum absolute atomic E-state index is 12.4. The first-order valence-electron chi connectivity index (χ1n) is 9.04. The van der Waals surface area contributed by atoms with E-state index >= 15 is 0 Å². The van der Waals surface area contributed by atoms with Gasteiger partial charge < -0.3 is 10.1 Å². The zero-order valence-electron chi connectivity index (χ0n) is 16.0. The number of esters is 1. The van der Waals surface area contributed by atoms with Crippen LogP contribution in [-0.4, -0.2) is 34.7 Å². The Bertz CT molecular complexity index is 1190. The van der Waals surface area contributed by atoms with E-state index in [4.69, 9.17) is 0 Å². The van der Waals surface area contributed by atoms with Crippen LogP contribution in [0, 0.1) is 0 Å². The Morgan fingerprint density at radius 2 is 1.83 bits per heavy atom. The first-order valence-corrected chi connectivity index (χ1v) is 10.9. The molecule has 1 amide bonds. The van der Waals surface area contributed by atoms with Crippen molar-refractivity contribution >= 4 is 50.9 Å². The summed E-state index contributed by atoms with van der Waals surface area (Å²) in [7, 11) is 1.33. The largest absolute Gasteiger partial charge is 0.465 e. The SMILES string of the molecule is COC(=O)c1ccc(NC(=O)CSc2ncnc3scc(-c4ccccc4)c23)cc1. The second-order valence-corrected chi connectivity index (χ2v) is 8.10. The second kappa shape index (κ2) is 9.06. The molecule has 4 aromatic rings. The van der Waals surface area contributed by atoms with Gasteiger partial charge in [-0.15, -0.1) is 11.3 Å². The number of amides is 1. The average Bonchev–Trinajstić information content (AvgIpc) is 3.23. The van der Waals surface area contributed by atoms with Crippen molar-refractivity contribution < 1.29 is 14.3 Å². The summed E-state index contributed by atoms with van der Waals surface area (Å²) >= 11 is 2.93. The zero-order chi connectivity index (χ0) is 20.9. The molecule has 150 valence electrons. The summed E-state index contributed by atoms with van der Waals surface area (Å²) in [6, 6.07) is 16.6. The number of hydrogen-bond donors (Lipinski definition) is 1. The summed E-state index contributed by atoms with van der Waals surface area (Å²) in [5.41, 5.74) is 3.20. The van der Waals surface area contributed by atoms with Crippen molar-refractivity contribution in [1.29, 1.82) is 0 Å². The molecule has 0 unspecified atom stereocenters. The number of methoxy groups -OCH3 is 1. The summed E-state index contributed by atoms with van der Waals surface area (Å²) in [6.45, 7) is 0. The fourth-order valence-corrected chi connectivity index (χ4v) is 4.72. The van der Waals surface area contributed by atoms with Crippen molar-refractivity contribution in [3.8, 4) is 11.1 Å². The highest BCUT2D eigenvalue weighted by Gasteiger charge is 2.15. The van der Waals surface area contributed by atoms with E-state index in [-0.39, 0.29) is 11.7 Å². The number of nitrogens with one attached hydrogen (secondary N) is 1. The first kappa shape index (κ1) is 20.1. The number of hydrogen-bond acceptors (Lipinski definition) is 7. The first-order chi connectivity index (χ1) is 14.7. The van der Waals surface area contributed by atoms with Crippen LogP contribution in [0.3, 0.4) is 0 Å². The molecule has 0 bridgehead atoms. The lowest BCUT2D eigenvalue weighted by atomic mass is 10.1. The molecular weight excluding hydrogens is 418 g/mol. The maximum Gasteiger partial charge on any atom is 0.337 e. The predicted octanol–water partition coefficient (Wildman–Crippen LogP) is 4.88. The number of thiophene rings is 1. The number of aromatic nitrogens is 2. The van der Waals surface area contributed by atoms with Gasteiger partial charge in [-0.05, 0) is 29.8 Å². The molecule has 1 N–H and O–H groups in total. The third kappa shape index (κ3) is 4.34. The molecular formula is C22H17N3O3S2. The Hall–Kier alpha value is -3.23. The van der Waals surface area contributed by atoms with Crippen LogP contribution in [0.15, 0.2) is 71.3 Å². The fourth-order valence-electron chi connectivity index (χ4n) is 2.93. The van der Waals surface area contributed by atoms with Gasteiger partial charge in [-0.3, -0.25) is 4.79 Å². The molecule has 2 aromatic carbocycles. The summed E-state index contributed by atoms with van der Waals surface area (Å²) < 4.78 is 4.67. The van der Waals surface area contributed by atoms with E-state index in [1.165, 1.54) is 25.2 Å². The molecule has 0 aliphatic carbocycles. The van der Waals surface area contributed by atoms with E-state index in [2.05, 4.69) is 25.4 Å². The van der Waals surface area contributed by atoms with Gasteiger partial charge in [0.2, 0.25) is 5.91 Å². The van der Waals surface area contributed by atoms with Gasteiger partial charge in [-0.2, -0.15) is 0 Å². The minimum atomic E-state index is -0.416. The van der Waals surface area contributed by atoms with Gasteiger partial charge in [0.1, 0.15) is 16.2 Å². The molecule has 0 aliphatic heterocycles. The monoisotopic (exact) mass is 435 g/mol. The van der Waals surface area contributed by atoms with Crippen molar-refractivity contribution in [2.45, 2.75) is 5.03 Å². The number of fused-ring (bicyclic) bond motifs is 1. The summed E-state index contributed by atoms with van der Waals surface area (Å²) in [5, 5.41) is 6.64. The number of rotatable bonds is 6. The Labute approximate surface area is 181 Å². The number of benzene rings is 2. The minimum absolute atomic E-state index is 0.158. The van der Waals surface area contributed by atoms with Gasteiger partial charge in [-0.1, -0.05) is 42.1 Å². The molecule has 0 fully saturated rings. The molecule has 0 saturated heterocycles. The lowest BCUT2D eigenvalue weighted by Gasteiger charge is -2.07. The Morgan fingerprint density at radius 3 is 2.57 bits per heavy atom. The van der Waals surface area contributed by atoms with E-state index in [0.29, 0.717) is 11.3 Å². The van der Waals surface area contributed by atoms with Crippen molar-refractivity contribution in [1.82, 2.24) is 9.97 Å². The van der Waals surface area contributed by atoms with E-state index in [0.717, 1.165) is 26.4 Å². The second-order valence-electron chi connectivity index (χ2n) is 6.28. The molecule has 2 heterocycles. The van der Waals surface area contributed by atoms with E-state index in [9.17, 15) is 9.59 Å². The van der Waals surface area contributed by atoms with Crippen LogP contribution in [0.25, 0.3) is 21.3 Å². The molecule has 8 heteroatoms. The summed E-state index contributed by atoms with van der Waals surface area (Å²) in [4.78, 5) is 33.6. The minimum Gasteiger partial charge on any atom is -0.465 e. The van der Waals surface area contributed by atoms with Gasteiger partial charge in [0.25, 0.3) is 0 Å². The molecule has 0 atom stereocenters. The van der Waals surface area contributed by atoms with Crippen LogP contribution in [0.4, 0.5) is 5.69 Å². The normalized spacial score (nSPS) is 10.7. The van der Waals surface area contributed by atoms with Gasteiger partial charge >= 0.3 is 5.97 Å². The molecule has 0 spiro atoms. The fraction of sp³-hybridized carbons (Fsp3) is 0.0909. The molecule has 4 rings (SSSR count). The van der Waals surface area contributed by atoms with Gasteiger partial charge in [0, 0.05) is 16.6 Å². The number of thioether (sulfide) groups is 1. The third-order valence-corrected chi connectivity index (χ3v) is 6.23. The van der Waals surface area contributed by atoms with Crippen LogP contribution in [0.5, 0.6) is 0 Å². The lowest BCUT2D eigenvalue weighted by Crippen LogP contribution is -2.14. The van der Waals surface area contributed by atoms with Crippen molar-refractivity contribution in [3.05, 3.63) is 71.9 Å². The molecule has 0 saturated carbocycles. The van der Waals surface area contributed by atoms with E-state index in [1.54, 1.807) is 35.6 Å². The highest BCUT2D eigenvalue weighted by Crippen LogP contribution is 2.37. The van der Waals surface area contributed by atoms with Gasteiger partial charge in [-0.25, -0.2) is 14.8 Å². The summed E-state index contributed by atoms with van der Waals surface area (Å²) in [5.74, 6) is -0.371. The van der Waals surface area contributed by atoms with Crippen LogP contribution < -0.4 is 5.32 Å². The number of nitrogens with zero attached hydrogens (tertiary/aromatic N) is 2. The highest BCUT2D eigenvalue weighted by molar-refractivity contribution is 8.00. The van der Waals surface area contributed by atoms with E-state index < -0.39 is 5.97 Å². The average molecular weight is 436 g/mol. The molecule has 0 aliphatic rings. The standard InChI is InChI=1S/C22H17N3O3S2/c1-28-22(27)15-7-9-16(10-8-15)25-18(26)12-30-21-19-17(14-5-3-2-4-6-14)11-29-20(19)23-13-24-21/h2-11,13H,12H2,1H3,(H,25,26). The number of carbonyl (C=O) groups excluding carboxylic acids is 2. The topological polar surface area (TPSA) is 81.2 Å². The van der Waals surface area contributed by atoms with Crippen LogP contribution in [-0.2, 0) is 9.53 Å². The Balaban J connectivity index is 1.48. The smallest absolute Gasteiger partial charge is 0.337 e. The van der Waals surface area contributed by atoms with Gasteiger partial charge in [0.05, 0.1) is 23.8 Å². The zero-order valence-corrected chi connectivity index (χ0v) is 17.6. The van der Waals surface area contributed by atoms with E-state index in [1.807, 2.05) is 30.3 Å². The molecule has 6 nitrogen and oxygen atoms in total.